The van der Waals surface area contributed by atoms with Gasteiger partial charge in [0.2, 0.25) is 15.7 Å². The largest absolute Gasteiger partial charge is 0.341 e. The molecular formula is C11H11F2NO4S. The Morgan fingerprint density at radius 1 is 1.21 bits per heavy atom. The topological polar surface area (TPSA) is 80.3 Å². The number of anilines is 1. The number of hydrogen-bond donors (Lipinski definition) is 1. The van der Waals surface area contributed by atoms with Gasteiger partial charge in [0.15, 0.2) is 0 Å². The molecule has 0 spiro atoms. The predicted octanol–water partition coefficient (Wildman–Crippen LogP) is 1.60. The summed E-state index contributed by atoms with van der Waals surface area (Å²) in [6, 6.07) is 4.27. The molecule has 0 radical (unpaired) electrons. The Labute approximate surface area is 108 Å². The molecule has 0 atom stereocenters. The van der Waals surface area contributed by atoms with Crippen molar-refractivity contribution >= 4 is 27.2 Å². The molecule has 0 heterocycles. The Balaban J connectivity index is 2.83. The van der Waals surface area contributed by atoms with E-state index in [1.165, 1.54) is 19.1 Å². The Kier molecular flexibility index (Phi) is 4.71. The van der Waals surface area contributed by atoms with Gasteiger partial charge >= 0.3 is 5.76 Å². The van der Waals surface area contributed by atoms with Gasteiger partial charge in [0.1, 0.15) is 5.78 Å². The van der Waals surface area contributed by atoms with E-state index in [0.717, 1.165) is 12.1 Å². The fraction of sp³-hybridized carbons (Fsp3) is 0.273. The molecule has 19 heavy (non-hydrogen) atoms. The van der Waals surface area contributed by atoms with Crippen LogP contribution in [0.25, 0.3) is 0 Å². The summed E-state index contributed by atoms with van der Waals surface area (Å²) in [6.07, 6.45) is -0.308. The number of nitrogens with one attached hydrogen (secondary N) is 1. The van der Waals surface area contributed by atoms with Crippen LogP contribution in [0.3, 0.4) is 0 Å². The first-order valence-corrected chi connectivity index (χ1v) is 6.69. The molecule has 1 aromatic rings. The molecule has 104 valence electrons. The molecule has 0 bridgehead atoms. The van der Waals surface area contributed by atoms with E-state index < -0.39 is 26.4 Å². The van der Waals surface area contributed by atoms with E-state index in [4.69, 9.17) is 0 Å². The van der Waals surface area contributed by atoms with Crippen LogP contribution >= 0.6 is 0 Å². The quantitative estimate of drug-likeness (QED) is 0.836. The number of sulfone groups is 1. The molecule has 0 fully saturated rings. The minimum atomic E-state index is -4.64. The van der Waals surface area contributed by atoms with Crippen molar-refractivity contribution < 1.29 is 26.8 Å². The highest BCUT2D eigenvalue weighted by Gasteiger charge is 2.26. The Hall–Kier alpha value is -1.83. The van der Waals surface area contributed by atoms with E-state index in [9.17, 15) is 26.8 Å². The molecule has 0 aliphatic carbocycles. The van der Waals surface area contributed by atoms with Crippen LogP contribution in [0.15, 0.2) is 29.2 Å². The number of rotatable bonds is 5. The van der Waals surface area contributed by atoms with E-state index in [0.29, 0.717) is 0 Å². The van der Waals surface area contributed by atoms with Gasteiger partial charge in [0.25, 0.3) is 0 Å². The second-order valence-electron chi connectivity index (χ2n) is 3.76. The van der Waals surface area contributed by atoms with Gasteiger partial charge in [-0.25, -0.2) is 8.42 Å². The number of carbonyl (C=O) groups excluding carboxylic acids is 2. The summed E-state index contributed by atoms with van der Waals surface area (Å²) < 4.78 is 46.8. The number of amides is 1. The van der Waals surface area contributed by atoms with Crippen molar-refractivity contribution in [2.24, 2.45) is 0 Å². The van der Waals surface area contributed by atoms with E-state index in [1.54, 1.807) is 0 Å². The zero-order valence-electron chi connectivity index (χ0n) is 9.89. The molecule has 5 nitrogen and oxygen atoms in total. The highest BCUT2D eigenvalue weighted by molar-refractivity contribution is 7.91. The van der Waals surface area contributed by atoms with Crippen LogP contribution < -0.4 is 5.32 Å². The maximum atomic E-state index is 12.3. The number of ketones is 1. The highest BCUT2D eigenvalue weighted by Crippen LogP contribution is 2.20. The van der Waals surface area contributed by atoms with Crippen LogP contribution in [0, 0.1) is 0 Å². The standard InChI is InChI=1S/C11H11F2NO4S/c1-7(15)6-10(16)14-8-2-4-9(5-3-8)19(17,18)11(12)13/h2-5,11H,6H2,1H3,(H,14,16). The average molecular weight is 291 g/mol. The lowest BCUT2D eigenvalue weighted by Gasteiger charge is -2.06. The van der Waals surface area contributed by atoms with Crippen LogP contribution in [0.1, 0.15) is 13.3 Å². The summed E-state index contributed by atoms with van der Waals surface area (Å²) in [6.45, 7) is 1.25. The number of benzene rings is 1. The molecule has 1 aromatic carbocycles. The van der Waals surface area contributed by atoms with Crippen molar-refractivity contribution in [3.63, 3.8) is 0 Å². The van der Waals surface area contributed by atoms with Gasteiger partial charge in [-0.3, -0.25) is 9.59 Å². The van der Waals surface area contributed by atoms with Crippen LogP contribution in [-0.4, -0.2) is 25.9 Å². The van der Waals surface area contributed by atoms with Gasteiger partial charge < -0.3 is 5.32 Å². The van der Waals surface area contributed by atoms with Crippen molar-refractivity contribution in [3.05, 3.63) is 24.3 Å². The molecule has 1 amide bonds. The first kappa shape index (κ1) is 15.2. The Morgan fingerprint density at radius 2 is 1.74 bits per heavy atom. The van der Waals surface area contributed by atoms with Crippen molar-refractivity contribution in [1.29, 1.82) is 0 Å². The Morgan fingerprint density at radius 3 is 2.16 bits per heavy atom. The molecule has 0 saturated heterocycles. The number of halogens is 2. The Bertz CT molecular complexity index is 581. The first-order valence-electron chi connectivity index (χ1n) is 5.15. The lowest BCUT2D eigenvalue weighted by molar-refractivity contribution is -0.124. The summed E-state index contributed by atoms with van der Waals surface area (Å²) in [7, 11) is -4.64. The molecular weight excluding hydrogens is 280 g/mol. The van der Waals surface area contributed by atoms with Gasteiger partial charge in [-0.1, -0.05) is 0 Å². The summed E-state index contributed by atoms with van der Waals surface area (Å²) in [5.41, 5.74) is 0.222. The van der Waals surface area contributed by atoms with Gasteiger partial charge in [0.05, 0.1) is 11.3 Å². The molecule has 1 N–H and O–H groups in total. The molecule has 0 saturated carbocycles. The van der Waals surface area contributed by atoms with Crippen LogP contribution in [-0.2, 0) is 19.4 Å². The normalized spacial score (nSPS) is 11.4. The SMILES string of the molecule is CC(=O)CC(=O)Nc1ccc(S(=O)(=O)C(F)F)cc1. The molecule has 0 aromatic heterocycles. The summed E-state index contributed by atoms with van der Waals surface area (Å²) >= 11 is 0. The van der Waals surface area contributed by atoms with Crippen molar-refractivity contribution in [2.45, 2.75) is 24.0 Å². The van der Waals surface area contributed by atoms with Gasteiger partial charge in [0, 0.05) is 5.69 Å². The minimum absolute atomic E-state index is 0.222. The molecule has 0 aliphatic heterocycles. The van der Waals surface area contributed by atoms with E-state index >= 15 is 0 Å². The van der Waals surface area contributed by atoms with Crippen LogP contribution in [0.2, 0.25) is 0 Å². The molecule has 0 aliphatic rings. The summed E-state index contributed by atoms with van der Waals surface area (Å²) in [4.78, 5) is 21.4. The zero-order valence-corrected chi connectivity index (χ0v) is 10.7. The maximum Gasteiger partial charge on any atom is 0.341 e. The van der Waals surface area contributed by atoms with Crippen molar-refractivity contribution in [3.8, 4) is 0 Å². The van der Waals surface area contributed by atoms with E-state index in [2.05, 4.69) is 5.32 Å². The fourth-order valence-corrected chi connectivity index (χ4v) is 1.98. The smallest absolute Gasteiger partial charge is 0.326 e. The third kappa shape index (κ3) is 4.09. The molecule has 0 unspecified atom stereocenters. The van der Waals surface area contributed by atoms with Gasteiger partial charge in [-0.2, -0.15) is 8.78 Å². The summed E-state index contributed by atoms with van der Waals surface area (Å²) in [5, 5.41) is 2.34. The number of carbonyl (C=O) groups is 2. The second kappa shape index (κ2) is 5.87. The average Bonchev–Trinajstić information content (AvgIpc) is 2.28. The first-order chi connectivity index (χ1) is 8.73. The fourth-order valence-electron chi connectivity index (χ4n) is 1.26. The predicted molar refractivity (Wildman–Crippen MR) is 63.6 cm³/mol. The molecule has 1 rings (SSSR count). The third-order valence-electron chi connectivity index (χ3n) is 2.11. The molecule has 8 heteroatoms. The van der Waals surface area contributed by atoms with Crippen molar-refractivity contribution in [2.75, 3.05) is 5.32 Å². The number of hydrogen-bond acceptors (Lipinski definition) is 4. The number of alkyl halides is 2. The maximum absolute atomic E-state index is 12.3. The minimum Gasteiger partial charge on any atom is -0.326 e. The van der Waals surface area contributed by atoms with E-state index in [-0.39, 0.29) is 17.9 Å². The zero-order chi connectivity index (χ0) is 14.6. The van der Waals surface area contributed by atoms with E-state index in [1.807, 2.05) is 0 Å². The summed E-state index contributed by atoms with van der Waals surface area (Å²) in [5.74, 6) is -4.38. The van der Waals surface area contributed by atoms with Crippen LogP contribution in [0.4, 0.5) is 14.5 Å². The highest BCUT2D eigenvalue weighted by atomic mass is 32.2. The lowest BCUT2D eigenvalue weighted by atomic mass is 10.2. The van der Waals surface area contributed by atoms with Crippen molar-refractivity contribution in [1.82, 2.24) is 0 Å². The van der Waals surface area contributed by atoms with Gasteiger partial charge in [-0.15, -0.1) is 0 Å². The van der Waals surface area contributed by atoms with Gasteiger partial charge in [-0.05, 0) is 31.2 Å². The number of Topliss-reactive ketones (excluding diaryl/α,β-unsaturated/α-hetero) is 1. The second-order valence-corrected chi connectivity index (χ2v) is 5.67. The lowest BCUT2D eigenvalue weighted by Crippen LogP contribution is -2.15. The van der Waals surface area contributed by atoms with Crippen LogP contribution in [0.5, 0.6) is 0 Å². The monoisotopic (exact) mass is 291 g/mol. The third-order valence-corrected chi connectivity index (χ3v) is 3.51.